The highest BCUT2D eigenvalue weighted by Gasteiger charge is 2.09. The Labute approximate surface area is 163 Å². The first-order valence-corrected chi connectivity index (χ1v) is 9.88. The summed E-state index contributed by atoms with van der Waals surface area (Å²) < 4.78 is 1.92. The molecule has 2 rings (SSSR count). The van der Waals surface area contributed by atoms with E-state index in [1.807, 2.05) is 18.7 Å². The summed E-state index contributed by atoms with van der Waals surface area (Å²) in [5, 5.41) is 11.3. The summed E-state index contributed by atoms with van der Waals surface area (Å²) in [5.74, 6) is 0.864. The van der Waals surface area contributed by atoms with Crippen molar-refractivity contribution in [1.82, 2.24) is 20.4 Å². The first kappa shape index (κ1) is 20.8. The molecule has 0 amide bonds. The zero-order chi connectivity index (χ0) is 19.6. The minimum absolute atomic E-state index is 0.645. The molecule has 1 aromatic carbocycles. The summed E-state index contributed by atoms with van der Waals surface area (Å²) in [5.41, 5.74) is 4.71. The van der Waals surface area contributed by atoms with E-state index >= 15 is 0 Å². The Morgan fingerprint density at radius 2 is 1.89 bits per heavy atom. The van der Waals surface area contributed by atoms with Gasteiger partial charge >= 0.3 is 0 Å². The zero-order valence-corrected chi connectivity index (χ0v) is 17.4. The van der Waals surface area contributed by atoms with Gasteiger partial charge in [0.05, 0.1) is 12.2 Å². The Bertz CT molecular complexity index is 720. The van der Waals surface area contributed by atoms with Gasteiger partial charge in [-0.05, 0) is 46.2 Å². The van der Waals surface area contributed by atoms with Gasteiger partial charge in [0.2, 0.25) is 0 Å². The molecule has 1 aromatic heterocycles. The van der Waals surface area contributed by atoms with Gasteiger partial charge in [0.15, 0.2) is 5.96 Å². The van der Waals surface area contributed by atoms with E-state index in [1.54, 1.807) is 0 Å². The molecule has 0 aliphatic heterocycles. The fourth-order valence-electron chi connectivity index (χ4n) is 3.13. The number of hydrogen-bond donors (Lipinski definition) is 2. The molecular weight excluding hydrogens is 336 g/mol. The molecule has 0 saturated carbocycles. The third-order valence-electron chi connectivity index (χ3n) is 4.80. The molecule has 0 aliphatic carbocycles. The van der Waals surface area contributed by atoms with E-state index in [1.165, 1.54) is 16.9 Å². The summed E-state index contributed by atoms with van der Waals surface area (Å²) >= 11 is 0. The van der Waals surface area contributed by atoms with E-state index in [4.69, 9.17) is 4.99 Å². The lowest BCUT2D eigenvalue weighted by Gasteiger charge is -2.23. The standard InChI is InChI=1S/C21H34N6/c1-6-22-21(24-16-20-17(3)25-26(5)18(20)4)23-14-11-15-27(7-2)19-12-9-8-10-13-19/h8-10,12-13H,6-7,11,14-16H2,1-5H3,(H2,22,23,24). The van der Waals surface area contributed by atoms with E-state index in [-0.39, 0.29) is 0 Å². The molecule has 0 unspecified atom stereocenters. The van der Waals surface area contributed by atoms with Crippen molar-refractivity contribution < 1.29 is 0 Å². The SMILES string of the molecule is CCNC(=NCc1c(C)nn(C)c1C)NCCCN(CC)c1ccccc1. The molecule has 0 fully saturated rings. The topological polar surface area (TPSA) is 57.5 Å². The monoisotopic (exact) mass is 370 g/mol. The van der Waals surface area contributed by atoms with E-state index in [2.05, 4.69) is 71.7 Å². The van der Waals surface area contributed by atoms with Gasteiger partial charge in [0, 0.05) is 50.2 Å². The number of aryl methyl sites for hydroxylation is 2. The van der Waals surface area contributed by atoms with E-state index < -0.39 is 0 Å². The Balaban J connectivity index is 1.86. The van der Waals surface area contributed by atoms with Gasteiger partial charge in [-0.2, -0.15) is 5.10 Å². The van der Waals surface area contributed by atoms with Crippen LogP contribution in [0.5, 0.6) is 0 Å². The van der Waals surface area contributed by atoms with Crippen molar-refractivity contribution in [3.8, 4) is 0 Å². The molecule has 0 spiro atoms. The maximum Gasteiger partial charge on any atom is 0.191 e. The number of rotatable bonds is 9. The number of aromatic nitrogens is 2. The molecule has 0 bridgehead atoms. The van der Waals surface area contributed by atoms with Crippen LogP contribution in [0.4, 0.5) is 5.69 Å². The Morgan fingerprint density at radius 1 is 1.15 bits per heavy atom. The van der Waals surface area contributed by atoms with E-state index in [0.29, 0.717) is 6.54 Å². The highest BCUT2D eigenvalue weighted by molar-refractivity contribution is 5.79. The number of nitrogens with one attached hydrogen (secondary N) is 2. The van der Waals surface area contributed by atoms with Crippen molar-refractivity contribution in [3.63, 3.8) is 0 Å². The van der Waals surface area contributed by atoms with Crippen LogP contribution in [0.2, 0.25) is 0 Å². The zero-order valence-electron chi connectivity index (χ0n) is 17.4. The minimum Gasteiger partial charge on any atom is -0.372 e. The first-order chi connectivity index (χ1) is 13.1. The molecule has 6 nitrogen and oxygen atoms in total. The maximum absolute atomic E-state index is 4.74. The average molecular weight is 371 g/mol. The number of nitrogens with zero attached hydrogens (tertiary/aromatic N) is 4. The van der Waals surface area contributed by atoms with Crippen LogP contribution in [-0.4, -0.2) is 41.9 Å². The highest BCUT2D eigenvalue weighted by atomic mass is 15.3. The number of guanidine groups is 1. The van der Waals surface area contributed by atoms with Gasteiger partial charge in [-0.25, -0.2) is 4.99 Å². The molecule has 27 heavy (non-hydrogen) atoms. The first-order valence-electron chi connectivity index (χ1n) is 9.88. The molecule has 2 aromatic rings. The molecule has 0 atom stereocenters. The molecule has 6 heteroatoms. The lowest BCUT2D eigenvalue weighted by Crippen LogP contribution is -2.38. The largest absolute Gasteiger partial charge is 0.372 e. The number of anilines is 1. The molecular formula is C21H34N6. The molecule has 1 heterocycles. The third-order valence-corrected chi connectivity index (χ3v) is 4.80. The second-order valence-corrected chi connectivity index (χ2v) is 6.66. The number of hydrogen-bond acceptors (Lipinski definition) is 3. The lowest BCUT2D eigenvalue weighted by atomic mass is 10.2. The molecule has 0 saturated heterocycles. The Hall–Kier alpha value is -2.50. The van der Waals surface area contributed by atoms with Gasteiger partial charge in [-0.3, -0.25) is 4.68 Å². The number of para-hydroxylation sites is 1. The number of aliphatic imine (C=N–C) groups is 1. The van der Waals surface area contributed by atoms with Crippen LogP contribution in [0.1, 0.15) is 37.2 Å². The average Bonchev–Trinajstić information content (AvgIpc) is 2.92. The fraction of sp³-hybridized carbons (Fsp3) is 0.524. The maximum atomic E-state index is 4.74. The summed E-state index contributed by atoms with van der Waals surface area (Å²) in [7, 11) is 1.98. The predicted molar refractivity (Wildman–Crippen MR) is 114 cm³/mol. The molecule has 2 N–H and O–H groups in total. The van der Waals surface area contributed by atoms with Gasteiger partial charge in [0.1, 0.15) is 0 Å². The lowest BCUT2D eigenvalue weighted by molar-refractivity contribution is 0.709. The van der Waals surface area contributed by atoms with E-state index in [0.717, 1.165) is 44.3 Å². The van der Waals surface area contributed by atoms with Crippen LogP contribution in [0.25, 0.3) is 0 Å². The third kappa shape index (κ3) is 6.01. The Kier molecular flexibility index (Phi) is 8.17. The summed E-state index contributed by atoms with van der Waals surface area (Å²) in [6.07, 6.45) is 1.05. The second kappa shape index (κ2) is 10.6. The van der Waals surface area contributed by atoms with Gasteiger partial charge in [-0.15, -0.1) is 0 Å². The summed E-state index contributed by atoms with van der Waals surface area (Å²) in [6, 6.07) is 10.6. The van der Waals surface area contributed by atoms with Crippen LogP contribution < -0.4 is 15.5 Å². The molecule has 0 aliphatic rings. The van der Waals surface area contributed by atoms with Gasteiger partial charge in [0.25, 0.3) is 0 Å². The summed E-state index contributed by atoms with van der Waals surface area (Å²) in [4.78, 5) is 7.14. The highest BCUT2D eigenvalue weighted by Crippen LogP contribution is 2.13. The fourth-order valence-corrected chi connectivity index (χ4v) is 3.13. The molecule has 0 radical (unpaired) electrons. The smallest absolute Gasteiger partial charge is 0.191 e. The van der Waals surface area contributed by atoms with Crippen LogP contribution in [0.3, 0.4) is 0 Å². The summed E-state index contributed by atoms with van der Waals surface area (Å²) in [6.45, 7) is 12.8. The van der Waals surface area contributed by atoms with Crippen LogP contribution >= 0.6 is 0 Å². The van der Waals surface area contributed by atoms with Gasteiger partial charge < -0.3 is 15.5 Å². The van der Waals surface area contributed by atoms with Crippen molar-refractivity contribution in [1.29, 1.82) is 0 Å². The number of benzene rings is 1. The van der Waals surface area contributed by atoms with Crippen LogP contribution in [-0.2, 0) is 13.6 Å². The van der Waals surface area contributed by atoms with Crippen molar-refractivity contribution in [3.05, 3.63) is 47.3 Å². The predicted octanol–water partition coefficient (Wildman–Crippen LogP) is 3.01. The van der Waals surface area contributed by atoms with Crippen molar-refractivity contribution in [2.75, 3.05) is 31.1 Å². The Morgan fingerprint density at radius 3 is 2.48 bits per heavy atom. The van der Waals surface area contributed by atoms with Crippen LogP contribution in [0.15, 0.2) is 35.3 Å². The quantitative estimate of drug-likeness (QED) is 0.405. The molecule has 148 valence electrons. The van der Waals surface area contributed by atoms with Crippen molar-refractivity contribution in [2.24, 2.45) is 12.0 Å². The van der Waals surface area contributed by atoms with Gasteiger partial charge in [-0.1, -0.05) is 18.2 Å². The minimum atomic E-state index is 0.645. The van der Waals surface area contributed by atoms with E-state index in [9.17, 15) is 0 Å². The van der Waals surface area contributed by atoms with Crippen LogP contribution in [0, 0.1) is 13.8 Å². The van der Waals surface area contributed by atoms with Crippen molar-refractivity contribution in [2.45, 2.75) is 40.7 Å². The van der Waals surface area contributed by atoms with Crippen molar-refractivity contribution >= 4 is 11.6 Å². The second-order valence-electron chi connectivity index (χ2n) is 6.66. The normalized spacial score (nSPS) is 11.5.